The van der Waals surface area contributed by atoms with Crippen molar-refractivity contribution in [2.75, 3.05) is 109 Å². The van der Waals surface area contributed by atoms with Gasteiger partial charge >= 0.3 is 33.2 Å². The lowest BCUT2D eigenvalue weighted by atomic mass is 9.79. The smallest absolute Gasteiger partial charge is 0.369 e. The first-order valence-electron chi connectivity index (χ1n) is 43.9. The van der Waals surface area contributed by atoms with Crippen LogP contribution in [0.25, 0.3) is 0 Å². The van der Waals surface area contributed by atoms with Crippen LogP contribution in [0.5, 0.6) is 0 Å². The molecule has 7 atom stereocenters. The van der Waals surface area contributed by atoms with Crippen LogP contribution in [0.1, 0.15) is 185 Å². The lowest BCUT2D eigenvalue weighted by Crippen LogP contribution is -2.56. The highest BCUT2D eigenvalue weighted by Gasteiger charge is 2.58. The molecular weight excluding hydrogens is 1780 g/mol. The summed E-state index contributed by atoms with van der Waals surface area (Å²) >= 11 is 1.09. The minimum atomic E-state index is -5.60. The molecular formula is C84H132N14O30P2S. The number of aryl methyl sites for hydroxylation is 1. The Balaban J connectivity index is 0.983. The molecule has 0 aromatic heterocycles. The average molecular weight is 1910 g/mol. The summed E-state index contributed by atoms with van der Waals surface area (Å²) in [6.07, 6.45) is 0.723. The van der Waals surface area contributed by atoms with Gasteiger partial charge in [0.05, 0.1) is 64.0 Å². The van der Waals surface area contributed by atoms with E-state index in [9.17, 15) is 126 Å². The number of likely N-dealkylation sites (tertiary alicyclic amines) is 1. The minimum Gasteiger partial charge on any atom is -0.481 e. The Kier molecular flexibility index (Phi) is 52.5. The van der Waals surface area contributed by atoms with Crippen molar-refractivity contribution in [3.63, 3.8) is 0 Å². The van der Waals surface area contributed by atoms with Gasteiger partial charge in [-0.2, -0.15) is 0 Å². The predicted molar refractivity (Wildman–Crippen MR) is 476 cm³/mol. The normalized spacial score (nSPS) is 16.0. The Hall–Kier alpha value is -9.60. The highest BCUT2D eigenvalue weighted by Crippen LogP contribution is 2.69. The number of carboxylic acids is 1. The van der Waals surface area contributed by atoms with Crippen molar-refractivity contribution < 1.29 is 144 Å². The summed E-state index contributed by atoms with van der Waals surface area (Å²) < 4.78 is 45.3. The number of aliphatic hydroxyl groups is 2. The van der Waals surface area contributed by atoms with E-state index in [0.717, 1.165) is 17.3 Å². The van der Waals surface area contributed by atoms with Crippen molar-refractivity contribution in [3.8, 4) is 0 Å². The number of nitrogens with two attached hydrogens (primary N) is 3. The van der Waals surface area contributed by atoms with Crippen molar-refractivity contribution in [1.82, 2.24) is 47.4 Å². The minimum absolute atomic E-state index is 0.00181. The number of rotatable bonds is 69. The molecule has 1 saturated heterocycles. The number of nitrogens with zero attached hydrogens (tertiary/aromatic N) is 1. The van der Waals surface area contributed by atoms with E-state index in [2.05, 4.69) is 53.2 Å². The van der Waals surface area contributed by atoms with Gasteiger partial charge in [-0.25, -0.2) is 9.59 Å². The fourth-order valence-electron chi connectivity index (χ4n) is 14.0. The number of benzene rings is 2. The first-order valence-corrected chi connectivity index (χ1v) is 48.1. The number of aliphatic hydroxyl groups excluding tert-OH is 1. The van der Waals surface area contributed by atoms with Crippen LogP contribution < -0.4 is 70.4 Å². The molecule has 14 amide bonds. The van der Waals surface area contributed by atoms with Crippen LogP contribution in [-0.2, 0) is 106 Å². The van der Waals surface area contributed by atoms with Crippen molar-refractivity contribution in [2.45, 2.75) is 228 Å². The average Bonchev–Trinajstić information content (AvgIpc) is 1.39. The molecule has 1 saturated carbocycles. The van der Waals surface area contributed by atoms with Gasteiger partial charge in [0.25, 0.3) is 5.08 Å². The number of urea groups is 2. The van der Waals surface area contributed by atoms with Crippen molar-refractivity contribution in [2.24, 2.45) is 40.9 Å². The number of carbonyl (C=O) groups excluding carboxylic acids is 16. The summed E-state index contributed by atoms with van der Waals surface area (Å²) in [7, 11) is -11.2. The molecule has 2 fully saturated rings. The van der Waals surface area contributed by atoms with Crippen LogP contribution in [0, 0.1) is 30.6 Å². The maximum absolute atomic E-state index is 13.9. The molecule has 44 nitrogen and oxygen atoms in total. The third-order valence-corrected chi connectivity index (χ3v) is 26.9. The molecule has 0 spiro atoms. The number of ether oxygens (including phenoxy) is 4. The van der Waals surface area contributed by atoms with Gasteiger partial charge in [-0.3, -0.25) is 85.9 Å². The lowest BCUT2D eigenvalue weighted by molar-refractivity contribution is -0.140. The maximum Gasteiger partial charge on any atom is 0.369 e. The molecule has 734 valence electrons. The number of anilines is 2. The molecule has 47 heteroatoms. The number of ketones is 4. The van der Waals surface area contributed by atoms with E-state index in [4.69, 9.17) is 36.1 Å². The number of nitrogens with one attached hydrogen (secondary N) is 10. The molecule has 2 aromatic carbocycles. The molecule has 131 heavy (non-hydrogen) atoms. The largest absolute Gasteiger partial charge is 0.481 e. The highest BCUT2D eigenvalue weighted by molar-refractivity contribution is 8.00. The van der Waals surface area contributed by atoms with Gasteiger partial charge in [-0.1, -0.05) is 44.2 Å². The number of unbranched alkanes of at least 4 members (excludes halogenated alkanes) is 2. The number of para-hydroxylation sites is 1. The summed E-state index contributed by atoms with van der Waals surface area (Å²) in [5.74, 6) is -10.4. The zero-order chi connectivity index (χ0) is 97.2. The second-order valence-corrected chi connectivity index (χ2v) is 37.7. The maximum atomic E-state index is 13.9. The van der Waals surface area contributed by atoms with Gasteiger partial charge < -0.3 is 124 Å². The molecule has 1 aliphatic heterocycles. The number of primary amides is 2. The number of Topliss-reactive ketones (excluding diaryl/α,β-unsaturated/α-hetero) is 4. The van der Waals surface area contributed by atoms with Crippen LogP contribution in [0.2, 0.25) is 0 Å². The van der Waals surface area contributed by atoms with Crippen molar-refractivity contribution >= 4 is 139 Å². The van der Waals surface area contributed by atoms with Gasteiger partial charge in [0.1, 0.15) is 41.5 Å². The monoisotopic (exact) mass is 1910 g/mol. The Morgan fingerprint density at radius 1 is 0.557 bits per heavy atom. The first-order chi connectivity index (χ1) is 62.0. The number of aliphatic carboxylic acids is 1. The Morgan fingerprint density at radius 2 is 1.11 bits per heavy atom. The van der Waals surface area contributed by atoms with E-state index in [-0.39, 0.29) is 222 Å². The Labute approximate surface area is 764 Å². The fraction of sp³-hybridized carbons (Fsp3) is 0.655. The number of hydrogen-bond acceptors (Lipinski definition) is 27. The van der Waals surface area contributed by atoms with Crippen LogP contribution in [-0.4, -0.2) is 279 Å². The van der Waals surface area contributed by atoms with Crippen LogP contribution in [0.4, 0.5) is 21.0 Å². The second kappa shape index (κ2) is 60.5. The van der Waals surface area contributed by atoms with Crippen molar-refractivity contribution in [1.29, 1.82) is 0 Å². The van der Waals surface area contributed by atoms with E-state index in [0.29, 0.717) is 68.3 Å². The summed E-state index contributed by atoms with van der Waals surface area (Å²) in [5.41, 5.74) is 19.2. The zero-order valence-electron chi connectivity index (χ0n) is 74.4. The van der Waals surface area contributed by atoms with Crippen molar-refractivity contribution in [3.05, 3.63) is 59.7 Å². The topological polar surface area (TPSA) is 704 Å². The summed E-state index contributed by atoms with van der Waals surface area (Å²) in [6, 6.07) is 5.58. The standard InChI is InChI=1S/C84H132N14O30P2S/c1-53(2)61(48-69(103)67(51-99)96-80(114)66(30-33-75(108)109)95-79(113)65(18-10-36-91-82(87)116)94-73(106)47-55-22-26-58(27-23-55)92-83(117)97-63-16-5-4-13-54(63)3)77(111)90-38-42-128-46-44-126-39-11-14-59(100)28-31-71(104)88-37-41-127-45-43-125-40-12-15-60(101)29-32-72(105)93-64(76(86)110)17-7-9-35-89-78(112)62(85)52-131-70-49-74(107)98(81(70)115)50-56-20-24-57(25-21-56)68(102)19-6-8-34-84(118,129(119,120)121)130(122,123)124/h4-5,13,16,22-23,26-27,53,56-57,61-62,64-67,70,99,118H,6-12,14-15,17-21,24-25,28-52,85H2,1-3H3,(H2,86,110)(H,88,104)(H,89,112)(H,90,111)(H,93,105)(H,94,106)(H,95,113)(H,96,114)(H,108,109)(H3,87,91,116)(H2,92,97,117)(H2,119,120,121)(H2,122,123,124)/t56?,57?,61-,62+,64-,65-,66-,67-,70?/m0/s1. The molecule has 2 aliphatic rings. The lowest BCUT2D eigenvalue weighted by Gasteiger charge is -2.30. The fourth-order valence-corrected chi connectivity index (χ4v) is 17.4. The van der Waals surface area contributed by atoms with E-state index in [1.165, 1.54) is 4.90 Å². The third kappa shape index (κ3) is 44.7. The predicted octanol–water partition coefficient (Wildman–Crippen LogP) is 1.11. The molecule has 2 aromatic rings. The number of thioether (sulfide) groups is 1. The number of amides is 14. The van der Waals surface area contributed by atoms with Crippen LogP contribution >= 0.6 is 27.0 Å². The van der Waals surface area contributed by atoms with E-state index in [1.807, 2.05) is 19.1 Å². The summed E-state index contributed by atoms with van der Waals surface area (Å²) in [5, 5.41) is 51.5. The third-order valence-electron chi connectivity index (χ3n) is 21.7. The number of carboxylic acid groups (broad SMARTS) is 1. The number of hydrogen-bond donors (Lipinski definition) is 20. The second-order valence-electron chi connectivity index (χ2n) is 32.5. The highest BCUT2D eigenvalue weighted by atomic mass is 32.2. The number of carbonyl (C=O) groups is 17. The van der Waals surface area contributed by atoms with Gasteiger partial charge in [0.15, 0.2) is 5.78 Å². The molecule has 23 N–H and O–H groups in total. The zero-order valence-corrected chi connectivity index (χ0v) is 77.0. The quantitative estimate of drug-likeness (QED) is 0.0251. The van der Waals surface area contributed by atoms with E-state index in [1.54, 1.807) is 50.2 Å². The molecule has 0 bridgehead atoms. The summed E-state index contributed by atoms with van der Waals surface area (Å²) in [4.78, 5) is 256. The van der Waals surface area contributed by atoms with Gasteiger partial charge in [-0.15, -0.1) is 11.8 Å². The molecule has 0 radical (unpaired) electrons. The molecule has 1 aliphatic carbocycles. The van der Waals surface area contributed by atoms with E-state index < -0.39 is 171 Å². The first kappa shape index (κ1) is 114. The number of imide groups is 1. The van der Waals surface area contributed by atoms with Gasteiger partial charge in [-0.05, 0) is 144 Å². The SMILES string of the molecule is Cc1ccccc1NC(=O)Nc1ccc(CC(=O)N[C@@H](CCCNC(N)=O)C(=O)N[C@@H](CCC(=O)O)C(=O)N[C@@H](CO)C(=O)C[C@H](C(=O)NCCOCCOCCCC(=O)CCC(=O)NCCOCCOCCCC(=O)CCC(=O)N[C@@H](CCCCNC(=O)[C@H](N)CSC2CC(=O)N(CC3CCC(C(=O)CCCCC(O)(P(=O)(O)O)P(=O)(O)O)CC3)C2=O)C(N)=O)C(C)C)cc1. The summed E-state index contributed by atoms with van der Waals surface area (Å²) in [6.45, 7) is 6.27. The van der Waals surface area contributed by atoms with Crippen LogP contribution in [0.3, 0.4) is 0 Å². The Morgan fingerprint density at radius 3 is 1.68 bits per heavy atom. The van der Waals surface area contributed by atoms with Gasteiger partial charge in [0.2, 0.25) is 59.1 Å². The Bertz CT molecular complexity index is 4190. The molecule has 1 unspecified atom stereocenters. The van der Waals surface area contributed by atoms with Gasteiger partial charge in [0, 0.05) is 139 Å². The van der Waals surface area contributed by atoms with E-state index >= 15 is 0 Å². The molecule has 4 rings (SSSR count). The molecule has 1 heterocycles. The van der Waals surface area contributed by atoms with Crippen LogP contribution in [0.15, 0.2) is 48.5 Å².